The van der Waals surface area contributed by atoms with Crippen LogP contribution in [0.2, 0.25) is 0 Å². The van der Waals surface area contributed by atoms with Crippen LogP contribution in [0.3, 0.4) is 0 Å². The molecule has 1 aliphatic heterocycles. The number of hydrogen-bond acceptors (Lipinski definition) is 4. The predicted molar refractivity (Wildman–Crippen MR) is 71.7 cm³/mol. The molecule has 0 bridgehead atoms. The number of hydrogen-bond donors (Lipinski definition) is 1. The summed E-state index contributed by atoms with van der Waals surface area (Å²) in [6, 6.07) is 4.32. The van der Waals surface area contributed by atoms with Gasteiger partial charge in [-0.25, -0.2) is 0 Å². The van der Waals surface area contributed by atoms with Crippen molar-refractivity contribution in [3.8, 4) is 0 Å². The molecule has 0 radical (unpaired) electrons. The van der Waals surface area contributed by atoms with Crippen molar-refractivity contribution < 1.29 is 9.84 Å². The number of pyridine rings is 1. The summed E-state index contributed by atoms with van der Waals surface area (Å²) in [6.07, 6.45) is 2.34. The molecule has 4 heteroatoms. The lowest BCUT2D eigenvalue weighted by Crippen LogP contribution is -2.47. The second kappa shape index (κ2) is 5.67. The van der Waals surface area contributed by atoms with Crippen LogP contribution in [-0.4, -0.2) is 35.4 Å². The van der Waals surface area contributed by atoms with E-state index in [9.17, 15) is 5.11 Å². The van der Waals surface area contributed by atoms with E-state index in [1.54, 1.807) is 0 Å². The van der Waals surface area contributed by atoms with Crippen molar-refractivity contribution in [1.82, 2.24) is 4.98 Å². The smallest absolute Gasteiger partial charge is 0.0957 e. The predicted octanol–water partition coefficient (Wildman–Crippen LogP) is 2.14. The van der Waals surface area contributed by atoms with Gasteiger partial charge in [0.1, 0.15) is 0 Å². The number of anilines is 1. The van der Waals surface area contributed by atoms with Gasteiger partial charge in [0.15, 0.2) is 0 Å². The molecule has 1 aromatic rings. The molecule has 0 amide bonds. The SMILES string of the molecule is CC[C@@H](O)c1ccc(N2CC(C)OCC2C)cn1. The molecule has 0 aromatic carbocycles. The topological polar surface area (TPSA) is 45.6 Å². The lowest BCUT2D eigenvalue weighted by molar-refractivity contribution is 0.0343. The van der Waals surface area contributed by atoms with Crippen LogP contribution in [0, 0.1) is 0 Å². The first-order chi connectivity index (χ1) is 8.61. The highest BCUT2D eigenvalue weighted by atomic mass is 16.5. The van der Waals surface area contributed by atoms with E-state index >= 15 is 0 Å². The molecular weight excluding hydrogens is 228 g/mol. The highest BCUT2D eigenvalue weighted by Gasteiger charge is 2.23. The van der Waals surface area contributed by atoms with Crippen molar-refractivity contribution in [2.45, 2.75) is 45.4 Å². The monoisotopic (exact) mass is 250 g/mol. The molecule has 3 atom stereocenters. The van der Waals surface area contributed by atoms with E-state index in [0.29, 0.717) is 12.5 Å². The normalized spacial score (nSPS) is 26.1. The third kappa shape index (κ3) is 2.82. The fraction of sp³-hybridized carbons (Fsp3) is 0.643. The van der Waals surface area contributed by atoms with Gasteiger partial charge in [-0.3, -0.25) is 4.98 Å². The van der Waals surface area contributed by atoms with Crippen molar-refractivity contribution in [2.75, 3.05) is 18.1 Å². The van der Waals surface area contributed by atoms with Gasteiger partial charge in [-0.2, -0.15) is 0 Å². The number of aliphatic hydroxyl groups is 1. The van der Waals surface area contributed by atoms with E-state index in [1.807, 2.05) is 25.3 Å². The lowest BCUT2D eigenvalue weighted by Gasteiger charge is -2.38. The standard InChI is InChI=1S/C14H22N2O2/c1-4-14(17)13-6-5-12(7-15-13)16-8-11(3)18-9-10(16)2/h5-7,10-11,14,17H,4,8-9H2,1-3H3/t10?,11?,14-/m1/s1. The number of morpholine rings is 1. The first-order valence-electron chi connectivity index (χ1n) is 6.64. The van der Waals surface area contributed by atoms with E-state index in [0.717, 1.165) is 24.5 Å². The Hall–Kier alpha value is -1.13. The zero-order valence-corrected chi connectivity index (χ0v) is 11.3. The van der Waals surface area contributed by atoms with E-state index < -0.39 is 6.10 Å². The van der Waals surface area contributed by atoms with Crippen LogP contribution in [0.4, 0.5) is 5.69 Å². The molecule has 0 spiro atoms. The van der Waals surface area contributed by atoms with Crippen LogP contribution in [-0.2, 0) is 4.74 Å². The van der Waals surface area contributed by atoms with Gasteiger partial charge in [-0.1, -0.05) is 6.92 Å². The van der Waals surface area contributed by atoms with Crippen LogP contribution in [0.1, 0.15) is 39.0 Å². The number of aliphatic hydroxyl groups excluding tert-OH is 1. The molecule has 18 heavy (non-hydrogen) atoms. The molecule has 0 aliphatic carbocycles. The van der Waals surface area contributed by atoms with Crippen LogP contribution in [0.25, 0.3) is 0 Å². The number of aromatic nitrogens is 1. The number of rotatable bonds is 3. The van der Waals surface area contributed by atoms with Crippen molar-refractivity contribution in [3.63, 3.8) is 0 Å². The highest BCUT2D eigenvalue weighted by molar-refractivity contribution is 5.46. The summed E-state index contributed by atoms with van der Waals surface area (Å²) in [6.45, 7) is 7.83. The Labute approximate surface area is 109 Å². The van der Waals surface area contributed by atoms with E-state index in [1.165, 1.54) is 0 Å². The van der Waals surface area contributed by atoms with E-state index in [4.69, 9.17) is 4.74 Å². The summed E-state index contributed by atoms with van der Waals surface area (Å²) in [5.41, 5.74) is 1.85. The Morgan fingerprint density at radius 3 is 2.89 bits per heavy atom. The minimum Gasteiger partial charge on any atom is -0.387 e. The molecule has 100 valence electrons. The molecule has 1 fully saturated rings. The van der Waals surface area contributed by atoms with Crippen LogP contribution < -0.4 is 4.90 Å². The quantitative estimate of drug-likeness (QED) is 0.892. The maximum Gasteiger partial charge on any atom is 0.0957 e. The summed E-state index contributed by atoms with van der Waals surface area (Å²) in [4.78, 5) is 6.66. The van der Waals surface area contributed by atoms with Crippen LogP contribution in [0.15, 0.2) is 18.3 Å². The van der Waals surface area contributed by atoms with Gasteiger partial charge < -0.3 is 14.7 Å². The Bertz CT molecular complexity index is 380. The zero-order valence-electron chi connectivity index (χ0n) is 11.3. The maximum atomic E-state index is 9.73. The molecule has 0 saturated carbocycles. The van der Waals surface area contributed by atoms with Gasteiger partial charge in [-0.05, 0) is 32.4 Å². The van der Waals surface area contributed by atoms with Gasteiger partial charge in [-0.15, -0.1) is 0 Å². The minimum absolute atomic E-state index is 0.252. The first kappa shape index (κ1) is 13.3. The zero-order chi connectivity index (χ0) is 13.1. The molecule has 2 rings (SSSR count). The molecule has 4 nitrogen and oxygen atoms in total. The summed E-state index contributed by atoms with van der Waals surface area (Å²) in [5, 5.41) is 9.73. The van der Waals surface area contributed by atoms with Crippen molar-refractivity contribution >= 4 is 5.69 Å². The fourth-order valence-electron chi connectivity index (χ4n) is 2.24. The fourth-order valence-corrected chi connectivity index (χ4v) is 2.24. The van der Waals surface area contributed by atoms with Gasteiger partial charge >= 0.3 is 0 Å². The molecule has 2 heterocycles. The van der Waals surface area contributed by atoms with Crippen molar-refractivity contribution in [1.29, 1.82) is 0 Å². The largest absolute Gasteiger partial charge is 0.387 e. The van der Waals surface area contributed by atoms with Gasteiger partial charge in [0.2, 0.25) is 0 Å². The Morgan fingerprint density at radius 2 is 2.28 bits per heavy atom. The Morgan fingerprint density at radius 1 is 1.50 bits per heavy atom. The Balaban J connectivity index is 2.13. The first-order valence-corrected chi connectivity index (χ1v) is 6.64. The van der Waals surface area contributed by atoms with E-state index in [-0.39, 0.29) is 6.10 Å². The molecule has 1 N–H and O–H groups in total. The van der Waals surface area contributed by atoms with Gasteiger partial charge in [0.25, 0.3) is 0 Å². The second-order valence-electron chi connectivity index (χ2n) is 5.01. The third-order valence-corrected chi connectivity index (χ3v) is 3.44. The average Bonchev–Trinajstić information content (AvgIpc) is 2.41. The average molecular weight is 250 g/mol. The third-order valence-electron chi connectivity index (χ3n) is 3.44. The molecular formula is C14H22N2O2. The summed E-state index contributed by atoms with van der Waals surface area (Å²) < 4.78 is 5.62. The number of ether oxygens (including phenoxy) is 1. The summed E-state index contributed by atoms with van der Waals surface area (Å²) >= 11 is 0. The minimum atomic E-state index is -0.458. The van der Waals surface area contributed by atoms with Gasteiger partial charge in [0.05, 0.1) is 36.4 Å². The van der Waals surface area contributed by atoms with E-state index in [2.05, 4.69) is 23.7 Å². The molecule has 1 aromatic heterocycles. The number of nitrogens with zero attached hydrogens (tertiary/aromatic N) is 2. The summed E-state index contributed by atoms with van der Waals surface area (Å²) in [5.74, 6) is 0. The molecule has 1 saturated heterocycles. The van der Waals surface area contributed by atoms with Gasteiger partial charge in [0, 0.05) is 12.6 Å². The van der Waals surface area contributed by atoms with Crippen molar-refractivity contribution in [3.05, 3.63) is 24.0 Å². The van der Waals surface area contributed by atoms with Crippen molar-refractivity contribution in [2.24, 2.45) is 0 Å². The molecule has 2 unspecified atom stereocenters. The maximum absolute atomic E-state index is 9.73. The second-order valence-corrected chi connectivity index (χ2v) is 5.01. The van der Waals surface area contributed by atoms with Crippen LogP contribution >= 0.6 is 0 Å². The Kier molecular flexibility index (Phi) is 4.19. The highest BCUT2D eigenvalue weighted by Crippen LogP contribution is 2.23. The van der Waals surface area contributed by atoms with Crippen LogP contribution in [0.5, 0.6) is 0 Å². The molecule has 1 aliphatic rings. The lowest BCUT2D eigenvalue weighted by atomic mass is 10.1. The summed E-state index contributed by atoms with van der Waals surface area (Å²) in [7, 11) is 0.